The fraction of sp³-hybridized carbons (Fsp3) is 0.267. The fourth-order valence-corrected chi connectivity index (χ4v) is 2.93. The smallest absolute Gasteiger partial charge is 0.320 e. The quantitative estimate of drug-likeness (QED) is 0.418. The highest BCUT2D eigenvalue weighted by Crippen LogP contribution is 2.20. The molecule has 0 aliphatic rings. The minimum atomic E-state index is -0.842. The average Bonchev–Trinajstić information content (AvgIpc) is 2.94. The molecule has 0 radical (unpaired) electrons. The summed E-state index contributed by atoms with van der Waals surface area (Å²) >= 11 is 1.47. The SMILES string of the molecule is Cn1cc([N+](=O)[O-])c(C(=O)Nc2cccc(CSCCC(=O)O)c2)n1. The van der Waals surface area contributed by atoms with Gasteiger partial charge in [0.1, 0.15) is 6.20 Å². The Morgan fingerprint density at radius 1 is 1.44 bits per heavy atom. The van der Waals surface area contributed by atoms with Crippen LogP contribution in [0.25, 0.3) is 0 Å². The van der Waals surface area contributed by atoms with Gasteiger partial charge >= 0.3 is 11.7 Å². The topological polar surface area (TPSA) is 127 Å². The van der Waals surface area contributed by atoms with Gasteiger partial charge in [-0.3, -0.25) is 24.4 Å². The van der Waals surface area contributed by atoms with Crippen LogP contribution in [0.1, 0.15) is 22.5 Å². The van der Waals surface area contributed by atoms with Gasteiger partial charge in [0.05, 0.1) is 11.3 Å². The zero-order valence-electron chi connectivity index (χ0n) is 13.3. The molecule has 1 aromatic carbocycles. The number of aliphatic carboxylic acids is 1. The second-order valence-corrected chi connectivity index (χ2v) is 6.25. The number of carbonyl (C=O) groups excluding carboxylic acids is 1. The number of carboxylic acids is 1. The number of carbonyl (C=O) groups is 2. The number of aromatic nitrogens is 2. The molecule has 1 amide bonds. The van der Waals surface area contributed by atoms with Crippen LogP contribution in [0, 0.1) is 10.1 Å². The molecule has 0 aliphatic carbocycles. The molecule has 2 N–H and O–H groups in total. The number of aryl methyl sites for hydroxylation is 1. The summed E-state index contributed by atoms with van der Waals surface area (Å²) < 4.78 is 1.21. The third-order valence-corrected chi connectivity index (χ3v) is 4.17. The number of rotatable bonds is 8. The third-order valence-electron chi connectivity index (χ3n) is 3.14. The highest BCUT2D eigenvalue weighted by molar-refractivity contribution is 7.98. The molecule has 0 saturated heterocycles. The number of nitrogens with zero attached hydrogens (tertiary/aromatic N) is 3. The van der Waals surface area contributed by atoms with Crippen molar-refractivity contribution >= 4 is 35.0 Å². The normalized spacial score (nSPS) is 10.4. The molecule has 1 heterocycles. The monoisotopic (exact) mass is 364 g/mol. The predicted molar refractivity (Wildman–Crippen MR) is 92.7 cm³/mol. The Kier molecular flexibility index (Phi) is 6.12. The van der Waals surface area contributed by atoms with Crippen LogP contribution in [0.4, 0.5) is 11.4 Å². The number of nitro groups is 1. The van der Waals surface area contributed by atoms with E-state index in [1.807, 2.05) is 6.07 Å². The van der Waals surface area contributed by atoms with Crippen molar-refractivity contribution < 1.29 is 19.6 Å². The van der Waals surface area contributed by atoms with Crippen molar-refractivity contribution in [2.45, 2.75) is 12.2 Å². The highest BCUT2D eigenvalue weighted by atomic mass is 32.2. The first-order valence-electron chi connectivity index (χ1n) is 7.24. The van der Waals surface area contributed by atoms with Crippen molar-refractivity contribution in [1.82, 2.24) is 9.78 Å². The number of thioether (sulfide) groups is 1. The second-order valence-electron chi connectivity index (χ2n) is 5.14. The van der Waals surface area contributed by atoms with E-state index in [0.29, 0.717) is 17.2 Å². The zero-order chi connectivity index (χ0) is 18.4. The summed E-state index contributed by atoms with van der Waals surface area (Å²) in [5, 5.41) is 26.0. The van der Waals surface area contributed by atoms with Crippen LogP contribution in [0.3, 0.4) is 0 Å². The first-order chi connectivity index (χ1) is 11.9. The molecule has 9 nitrogen and oxygen atoms in total. The van der Waals surface area contributed by atoms with Gasteiger partial charge in [0.15, 0.2) is 0 Å². The zero-order valence-corrected chi connectivity index (χ0v) is 14.2. The van der Waals surface area contributed by atoms with E-state index in [9.17, 15) is 19.7 Å². The first kappa shape index (κ1) is 18.5. The van der Waals surface area contributed by atoms with Gasteiger partial charge in [-0.1, -0.05) is 12.1 Å². The number of amides is 1. The second kappa shape index (κ2) is 8.29. The summed E-state index contributed by atoms with van der Waals surface area (Å²) in [4.78, 5) is 33.0. The van der Waals surface area contributed by atoms with Crippen LogP contribution in [0.15, 0.2) is 30.5 Å². The molecule has 2 rings (SSSR count). The van der Waals surface area contributed by atoms with Crippen LogP contribution >= 0.6 is 11.8 Å². The van der Waals surface area contributed by atoms with E-state index in [2.05, 4.69) is 10.4 Å². The van der Waals surface area contributed by atoms with Crippen molar-refractivity contribution in [2.75, 3.05) is 11.1 Å². The molecule has 1 aromatic heterocycles. The first-order valence-corrected chi connectivity index (χ1v) is 8.40. The molecule has 0 spiro atoms. The number of anilines is 1. The van der Waals surface area contributed by atoms with E-state index in [4.69, 9.17) is 5.11 Å². The molecule has 2 aromatic rings. The van der Waals surface area contributed by atoms with E-state index in [1.165, 1.54) is 29.7 Å². The Balaban J connectivity index is 2.03. The number of carboxylic acid groups (broad SMARTS) is 1. The molecule has 25 heavy (non-hydrogen) atoms. The summed E-state index contributed by atoms with van der Waals surface area (Å²) in [7, 11) is 1.50. The van der Waals surface area contributed by atoms with Gasteiger partial charge in [-0.15, -0.1) is 0 Å². The largest absolute Gasteiger partial charge is 0.481 e. The molecule has 0 aliphatic heterocycles. The Hall–Kier alpha value is -2.88. The maximum Gasteiger partial charge on any atom is 0.320 e. The number of hydrogen-bond donors (Lipinski definition) is 2. The highest BCUT2D eigenvalue weighted by Gasteiger charge is 2.24. The van der Waals surface area contributed by atoms with E-state index in [-0.39, 0.29) is 17.8 Å². The van der Waals surface area contributed by atoms with Gasteiger partial charge in [-0.05, 0) is 17.7 Å². The average molecular weight is 364 g/mol. The van der Waals surface area contributed by atoms with Crippen LogP contribution < -0.4 is 5.32 Å². The fourth-order valence-electron chi connectivity index (χ4n) is 2.05. The van der Waals surface area contributed by atoms with Crippen molar-refractivity contribution in [2.24, 2.45) is 7.05 Å². The van der Waals surface area contributed by atoms with Crippen LogP contribution in [0.2, 0.25) is 0 Å². The maximum atomic E-state index is 12.2. The lowest BCUT2D eigenvalue weighted by Gasteiger charge is -2.06. The molecule has 132 valence electrons. The molecule has 0 atom stereocenters. The molecular formula is C15H16N4O5S. The standard InChI is InChI=1S/C15H16N4O5S/c1-18-8-12(19(23)24)14(17-18)15(22)16-11-4-2-3-10(7-11)9-25-6-5-13(20)21/h2-4,7-8H,5-6,9H2,1H3,(H,16,22)(H,20,21). The lowest BCUT2D eigenvalue weighted by Crippen LogP contribution is -2.14. The van der Waals surface area contributed by atoms with Crippen LogP contribution in [0.5, 0.6) is 0 Å². The van der Waals surface area contributed by atoms with Crippen molar-refractivity contribution in [3.63, 3.8) is 0 Å². The molecule has 0 bridgehead atoms. The van der Waals surface area contributed by atoms with Crippen LogP contribution in [-0.2, 0) is 17.6 Å². The van der Waals surface area contributed by atoms with Crippen molar-refractivity contribution in [1.29, 1.82) is 0 Å². The summed E-state index contributed by atoms with van der Waals surface area (Å²) in [5.74, 6) is -0.416. The summed E-state index contributed by atoms with van der Waals surface area (Å²) in [6.45, 7) is 0. The van der Waals surface area contributed by atoms with Gasteiger partial charge in [-0.2, -0.15) is 16.9 Å². The lowest BCUT2D eigenvalue weighted by molar-refractivity contribution is -0.385. The van der Waals surface area contributed by atoms with Crippen LogP contribution in [-0.4, -0.2) is 37.4 Å². The van der Waals surface area contributed by atoms with Gasteiger partial charge in [0, 0.05) is 24.2 Å². The number of nitrogens with one attached hydrogen (secondary N) is 1. The molecular weight excluding hydrogens is 348 g/mol. The van der Waals surface area contributed by atoms with Gasteiger partial charge < -0.3 is 10.4 Å². The van der Waals surface area contributed by atoms with Gasteiger partial charge in [0.2, 0.25) is 5.69 Å². The Bertz CT molecular complexity index is 805. The maximum absolute atomic E-state index is 12.2. The molecule has 0 unspecified atom stereocenters. The molecule has 10 heteroatoms. The Morgan fingerprint density at radius 2 is 2.20 bits per heavy atom. The van der Waals surface area contributed by atoms with Gasteiger partial charge in [-0.25, -0.2) is 0 Å². The van der Waals surface area contributed by atoms with E-state index in [0.717, 1.165) is 5.56 Å². The van der Waals surface area contributed by atoms with E-state index in [1.54, 1.807) is 18.2 Å². The summed E-state index contributed by atoms with van der Waals surface area (Å²) in [6.07, 6.45) is 1.26. The summed E-state index contributed by atoms with van der Waals surface area (Å²) in [6, 6.07) is 7.00. The third kappa shape index (κ3) is 5.31. The molecule has 0 saturated carbocycles. The van der Waals surface area contributed by atoms with Crippen molar-refractivity contribution in [3.8, 4) is 0 Å². The Labute approximate surface area is 147 Å². The Morgan fingerprint density at radius 3 is 2.88 bits per heavy atom. The predicted octanol–water partition coefficient (Wildman–Crippen LogP) is 2.29. The van der Waals surface area contributed by atoms with Gasteiger partial charge in [0.25, 0.3) is 5.91 Å². The lowest BCUT2D eigenvalue weighted by atomic mass is 10.2. The minimum absolute atomic E-state index is 0.0877. The summed E-state index contributed by atoms with van der Waals surface area (Å²) in [5.41, 5.74) is 0.777. The van der Waals surface area contributed by atoms with E-state index >= 15 is 0 Å². The van der Waals surface area contributed by atoms with E-state index < -0.39 is 16.8 Å². The van der Waals surface area contributed by atoms with Crippen molar-refractivity contribution in [3.05, 3.63) is 51.8 Å². The molecule has 0 fully saturated rings. The number of hydrogen-bond acceptors (Lipinski definition) is 6. The minimum Gasteiger partial charge on any atom is -0.481 e. The number of benzene rings is 1.